The van der Waals surface area contributed by atoms with Crippen LogP contribution in [0.1, 0.15) is 47.8 Å². The normalized spacial score (nSPS) is 15.0. The molecule has 2 aromatic rings. The predicted molar refractivity (Wildman–Crippen MR) is 92.6 cm³/mol. The van der Waals surface area contributed by atoms with Crippen LogP contribution in [0, 0.1) is 0 Å². The maximum Gasteiger partial charge on any atom is 0.268 e. The van der Waals surface area contributed by atoms with Crippen LogP contribution in [0.5, 0.6) is 0 Å². The van der Waals surface area contributed by atoms with E-state index in [1.54, 1.807) is 5.51 Å². The second-order valence-electron chi connectivity index (χ2n) is 5.47. The molecule has 0 radical (unpaired) electrons. The Morgan fingerprint density at radius 3 is 2.59 bits per heavy atom. The number of hydrogen-bond acceptors (Lipinski definition) is 3. The van der Waals surface area contributed by atoms with Gasteiger partial charge in [-0.2, -0.15) is 0 Å². The summed E-state index contributed by atoms with van der Waals surface area (Å²) in [7, 11) is 0. The topological polar surface area (TPSA) is 42.0 Å². The molecule has 1 aromatic heterocycles. The minimum absolute atomic E-state index is 0.215. The van der Waals surface area contributed by atoms with Gasteiger partial charge in [0.1, 0.15) is 4.88 Å². The highest BCUT2D eigenvalue weighted by Crippen LogP contribution is 2.32. The first-order chi connectivity index (χ1) is 10.6. The van der Waals surface area contributed by atoms with Crippen molar-refractivity contribution in [3.8, 4) is 0 Å². The van der Waals surface area contributed by atoms with E-state index in [9.17, 15) is 4.79 Å². The third kappa shape index (κ3) is 3.23. The predicted octanol–water partition coefficient (Wildman–Crippen LogP) is 5.40. The Kier molecular flexibility index (Phi) is 4.60. The summed E-state index contributed by atoms with van der Waals surface area (Å²) in [5.41, 5.74) is 6.53. The SMILES string of the molecule is CC1=C(c2ccc(NC(=O)c3scnc3Cl)cc2)CCCC1. The number of carbonyl (C=O) groups is 1. The van der Waals surface area contributed by atoms with Gasteiger partial charge in [0.15, 0.2) is 5.15 Å². The van der Waals surface area contributed by atoms with E-state index in [2.05, 4.69) is 29.4 Å². The van der Waals surface area contributed by atoms with Crippen LogP contribution in [0.25, 0.3) is 5.57 Å². The fourth-order valence-electron chi connectivity index (χ4n) is 2.77. The van der Waals surface area contributed by atoms with E-state index in [4.69, 9.17) is 11.6 Å². The lowest BCUT2D eigenvalue weighted by Crippen LogP contribution is -2.10. The maximum absolute atomic E-state index is 12.1. The number of nitrogens with zero attached hydrogens (tertiary/aromatic N) is 1. The zero-order valence-electron chi connectivity index (χ0n) is 12.4. The Hall–Kier alpha value is -1.65. The summed E-state index contributed by atoms with van der Waals surface area (Å²) in [6.07, 6.45) is 4.89. The second-order valence-corrected chi connectivity index (χ2v) is 6.68. The van der Waals surface area contributed by atoms with Crippen LogP contribution >= 0.6 is 22.9 Å². The van der Waals surface area contributed by atoms with Crippen molar-refractivity contribution in [2.45, 2.75) is 32.6 Å². The highest BCUT2D eigenvalue weighted by Gasteiger charge is 2.14. The van der Waals surface area contributed by atoms with Gasteiger partial charge < -0.3 is 5.32 Å². The molecule has 0 saturated heterocycles. The third-order valence-corrected chi connectivity index (χ3v) is 5.19. The summed E-state index contributed by atoms with van der Waals surface area (Å²) < 4.78 is 0. The van der Waals surface area contributed by atoms with Gasteiger partial charge in [-0.3, -0.25) is 4.79 Å². The first kappa shape index (κ1) is 15.3. The molecule has 0 unspecified atom stereocenters. The lowest BCUT2D eigenvalue weighted by molar-refractivity contribution is 0.103. The Morgan fingerprint density at radius 1 is 1.23 bits per heavy atom. The van der Waals surface area contributed by atoms with Gasteiger partial charge >= 0.3 is 0 Å². The molecule has 1 amide bonds. The number of carbonyl (C=O) groups excluding carboxylic acids is 1. The van der Waals surface area contributed by atoms with Crippen LogP contribution in [0.4, 0.5) is 5.69 Å². The Morgan fingerprint density at radius 2 is 1.95 bits per heavy atom. The molecule has 3 nitrogen and oxygen atoms in total. The molecule has 1 aliphatic carbocycles. The Labute approximate surface area is 139 Å². The number of hydrogen-bond donors (Lipinski definition) is 1. The van der Waals surface area contributed by atoms with Crippen LogP contribution < -0.4 is 5.32 Å². The van der Waals surface area contributed by atoms with Gasteiger partial charge in [0.25, 0.3) is 5.91 Å². The van der Waals surface area contributed by atoms with Crippen LogP contribution in [0.15, 0.2) is 35.3 Å². The van der Waals surface area contributed by atoms with Crippen molar-refractivity contribution in [1.29, 1.82) is 0 Å². The second kappa shape index (κ2) is 6.63. The molecule has 0 bridgehead atoms. The number of aromatic nitrogens is 1. The van der Waals surface area contributed by atoms with Crippen molar-refractivity contribution >= 4 is 40.1 Å². The molecule has 5 heteroatoms. The number of nitrogens with one attached hydrogen (secondary N) is 1. The first-order valence-electron chi connectivity index (χ1n) is 7.34. The molecule has 1 aromatic carbocycles. The zero-order chi connectivity index (χ0) is 15.5. The molecular weight excluding hydrogens is 316 g/mol. The fourth-order valence-corrected chi connectivity index (χ4v) is 3.67. The summed E-state index contributed by atoms with van der Waals surface area (Å²) in [6.45, 7) is 2.22. The summed E-state index contributed by atoms with van der Waals surface area (Å²) in [6, 6.07) is 8.04. The largest absolute Gasteiger partial charge is 0.321 e. The van der Waals surface area contributed by atoms with E-state index in [0.717, 1.165) is 12.1 Å². The molecule has 3 rings (SSSR count). The van der Waals surface area contributed by atoms with Gasteiger partial charge in [-0.05, 0) is 55.9 Å². The average Bonchev–Trinajstić information content (AvgIpc) is 2.95. The number of allylic oxidation sites excluding steroid dienone is 2. The molecule has 0 atom stereocenters. The maximum atomic E-state index is 12.1. The highest BCUT2D eigenvalue weighted by molar-refractivity contribution is 7.12. The Balaban J connectivity index is 1.75. The first-order valence-corrected chi connectivity index (χ1v) is 8.60. The van der Waals surface area contributed by atoms with Crippen molar-refractivity contribution in [1.82, 2.24) is 4.98 Å². The summed E-state index contributed by atoms with van der Waals surface area (Å²) >= 11 is 7.12. The van der Waals surface area contributed by atoms with Gasteiger partial charge in [-0.15, -0.1) is 11.3 Å². The number of halogens is 1. The molecule has 114 valence electrons. The molecule has 1 heterocycles. The lowest BCUT2D eigenvalue weighted by atomic mass is 9.88. The van der Waals surface area contributed by atoms with Crippen molar-refractivity contribution in [2.75, 3.05) is 5.32 Å². The number of amides is 1. The number of thiazole rings is 1. The van der Waals surface area contributed by atoms with Gasteiger partial charge in [-0.25, -0.2) is 4.98 Å². The summed E-state index contributed by atoms with van der Waals surface area (Å²) in [5.74, 6) is -0.215. The monoisotopic (exact) mass is 332 g/mol. The van der Waals surface area contributed by atoms with Crippen molar-refractivity contribution in [3.63, 3.8) is 0 Å². The van der Waals surface area contributed by atoms with Gasteiger partial charge in [0.2, 0.25) is 0 Å². The molecule has 1 N–H and O–H groups in total. The smallest absolute Gasteiger partial charge is 0.268 e. The molecule has 0 spiro atoms. The van der Waals surface area contributed by atoms with Crippen LogP contribution in [-0.4, -0.2) is 10.9 Å². The van der Waals surface area contributed by atoms with Crippen LogP contribution in [-0.2, 0) is 0 Å². The minimum atomic E-state index is -0.215. The number of benzene rings is 1. The van der Waals surface area contributed by atoms with E-state index in [1.165, 1.54) is 47.3 Å². The number of anilines is 1. The van der Waals surface area contributed by atoms with Gasteiger partial charge in [-0.1, -0.05) is 29.3 Å². The van der Waals surface area contributed by atoms with Crippen LogP contribution in [0.2, 0.25) is 5.15 Å². The molecule has 0 aliphatic heterocycles. The van der Waals surface area contributed by atoms with E-state index in [0.29, 0.717) is 4.88 Å². The van der Waals surface area contributed by atoms with E-state index in [-0.39, 0.29) is 11.1 Å². The average molecular weight is 333 g/mol. The van der Waals surface area contributed by atoms with Crippen LogP contribution in [0.3, 0.4) is 0 Å². The molecule has 22 heavy (non-hydrogen) atoms. The summed E-state index contributed by atoms with van der Waals surface area (Å²) in [5, 5.41) is 3.11. The van der Waals surface area contributed by atoms with E-state index >= 15 is 0 Å². The Bertz CT molecular complexity index is 719. The van der Waals surface area contributed by atoms with Gasteiger partial charge in [0.05, 0.1) is 5.51 Å². The zero-order valence-corrected chi connectivity index (χ0v) is 13.9. The third-order valence-electron chi connectivity index (χ3n) is 3.97. The molecular formula is C17H17ClN2OS. The number of rotatable bonds is 3. The highest BCUT2D eigenvalue weighted by atomic mass is 35.5. The fraction of sp³-hybridized carbons (Fsp3) is 0.294. The van der Waals surface area contributed by atoms with E-state index in [1.807, 2.05) is 12.1 Å². The van der Waals surface area contributed by atoms with Crippen molar-refractivity contribution in [3.05, 3.63) is 50.9 Å². The van der Waals surface area contributed by atoms with Gasteiger partial charge in [0, 0.05) is 5.69 Å². The minimum Gasteiger partial charge on any atom is -0.321 e. The van der Waals surface area contributed by atoms with E-state index < -0.39 is 0 Å². The van der Waals surface area contributed by atoms with Crippen molar-refractivity contribution in [2.24, 2.45) is 0 Å². The molecule has 0 saturated carbocycles. The lowest BCUT2D eigenvalue weighted by Gasteiger charge is -2.18. The molecule has 0 fully saturated rings. The molecule has 1 aliphatic rings. The standard InChI is InChI=1S/C17H17ClN2OS/c1-11-4-2-3-5-14(11)12-6-8-13(9-7-12)20-17(21)15-16(18)19-10-22-15/h6-10H,2-5H2,1H3,(H,20,21). The quantitative estimate of drug-likeness (QED) is 0.818. The summed E-state index contributed by atoms with van der Waals surface area (Å²) in [4.78, 5) is 16.4. The van der Waals surface area contributed by atoms with Crippen molar-refractivity contribution < 1.29 is 4.79 Å².